The molecule has 2 amide bonds. The first-order valence-corrected chi connectivity index (χ1v) is 7.16. The number of carbonyl (C=O) groups excluding carboxylic acids is 2. The van der Waals surface area contributed by atoms with Crippen LogP contribution in [-0.4, -0.2) is 48.3 Å². The van der Waals surface area contributed by atoms with E-state index in [0.717, 1.165) is 0 Å². The SMILES string of the molecule is O=C(CBr)Nc1ccc(C(=O)N2CCOCC2)cc1. The summed E-state index contributed by atoms with van der Waals surface area (Å²) in [7, 11) is 0. The Balaban J connectivity index is 2.01. The predicted octanol–water partition coefficient (Wildman–Crippen LogP) is 1.49. The fourth-order valence-electron chi connectivity index (χ4n) is 1.84. The highest BCUT2D eigenvalue weighted by molar-refractivity contribution is 9.09. The van der Waals surface area contributed by atoms with Gasteiger partial charge in [0.1, 0.15) is 0 Å². The Bertz CT molecular complexity index is 455. The van der Waals surface area contributed by atoms with Gasteiger partial charge in [-0.25, -0.2) is 0 Å². The van der Waals surface area contributed by atoms with Crippen LogP contribution < -0.4 is 5.32 Å². The summed E-state index contributed by atoms with van der Waals surface area (Å²) in [6.45, 7) is 2.43. The maximum Gasteiger partial charge on any atom is 0.254 e. The minimum Gasteiger partial charge on any atom is -0.378 e. The van der Waals surface area contributed by atoms with Crippen molar-refractivity contribution < 1.29 is 14.3 Å². The van der Waals surface area contributed by atoms with E-state index in [1.54, 1.807) is 29.2 Å². The molecule has 0 unspecified atom stereocenters. The summed E-state index contributed by atoms with van der Waals surface area (Å²) in [5.74, 6) is -0.117. The molecule has 1 aliphatic heterocycles. The number of anilines is 1. The summed E-state index contributed by atoms with van der Waals surface area (Å²) >= 11 is 3.08. The summed E-state index contributed by atoms with van der Waals surface area (Å²) in [4.78, 5) is 25.1. The summed E-state index contributed by atoms with van der Waals surface area (Å²) in [5, 5.41) is 2.96. The van der Waals surface area contributed by atoms with E-state index in [1.807, 2.05) is 0 Å². The van der Waals surface area contributed by atoms with Gasteiger partial charge in [0.2, 0.25) is 5.91 Å². The first-order valence-electron chi connectivity index (χ1n) is 6.03. The molecule has 0 bridgehead atoms. The number of rotatable bonds is 3. The van der Waals surface area contributed by atoms with Crippen molar-refractivity contribution >= 4 is 33.4 Å². The van der Waals surface area contributed by atoms with Gasteiger partial charge in [0.25, 0.3) is 5.91 Å². The van der Waals surface area contributed by atoms with Crippen molar-refractivity contribution in [2.24, 2.45) is 0 Å². The van der Waals surface area contributed by atoms with E-state index >= 15 is 0 Å². The monoisotopic (exact) mass is 326 g/mol. The number of ether oxygens (including phenoxy) is 1. The zero-order valence-electron chi connectivity index (χ0n) is 10.4. The average Bonchev–Trinajstić information content (AvgIpc) is 2.48. The van der Waals surface area contributed by atoms with Gasteiger partial charge in [-0.15, -0.1) is 0 Å². The van der Waals surface area contributed by atoms with Crippen LogP contribution >= 0.6 is 15.9 Å². The van der Waals surface area contributed by atoms with Crippen LogP contribution in [0.25, 0.3) is 0 Å². The average molecular weight is 327 g/mol. The van der Waals surface area contributed by atoms with Crippen LogP contribution in [0.3, 0.4) is 0 Å². The molecule has 1 N–H and O–H groups in total. The largest absolute Gasteiger partial charge is 0.378 e. The van der Waals surface area contributed by atoms with Crippen molar-refractivity contribution in [2.45, 2.75) is 0 Å². The third-order valence-corrected chi connectivity index (χ3v) is 3.34. The number of nitrogens with one attached hydrogen (secondary N) is 1. The van der Waals surface area contributed by atoms with Gasteiger partial charge in [0.15, 0.2) is 0 Å². The second kappa shape index (κ2) is 6.68. The lowest BCUT2D eigenvalue weighted by atomic mass is 10.1. The molecule has 5 nitrogen and oxygen atoms in total. The molecular formula is C13H15BrN2O3. The maximum atomic E-state index is 12.2. The van der Waals surface area contributed by atoms with Crippen LogP contribution in [0.5, 0.6) is 0 Å². The molecule has 0 atom stereocenters. The number of hydrogen-bond donors (Lipinski definition) is 1. The highest BCUT2D eigenvalue weighted by Gasteiger charge is 2.18. The lowest BCUT2D eigenvalue weighted by Gasteiger charge is -2.26. The number of amides is 2. The number of nitrogens with zero attached hydrogens (tertiary/aromatic N) is 1. The second-order valence-corrected chi connectivity index (χ2v) is 4.72. The lowest BCUT2D eigenvalue weighted by molar-refractivity contribution is -0.113. The van der Waals surface area contributed by atoms with Gasteiger partial charge in [-0.3, -0.25) is 9.59 Å². The Kier molecular flexibility index (Phi) is 4.93. The third kappa shape index (κ3) is 3.78. The van der Waals surface area contributed by atoms with E-state index in [-0.39, 0.29) is 17.1 Å². The summed E-state index contributed by atoms with van der Waals surface area (Å²) in [6, 6.07) is 6.91. The van der Waals surface area contributed by atoms with Gasteiger partial charge in [-0.1, -0.05) is 15.9 Å². The van der Waals surface area contributed by atoms with Crippen LogP contribution in [0.15, 0.2) is 24.3 Å². The zero-order chi connectivity index (χ0) is 13.7. The van der Waals surface area contributed by atoms with Crippen molar-refractivity contribution in [1.29, 1.82) is 0 Å². The highest BCUT2D eigenvalue weighted by atomic mass is 79.9. The quantitative estimate of drug-likeness (QED) is 0.856. The normalized spacial score (nSPS) is 15.1. The lowest BCUT2D eigenvalue weighted by Crippen LogP contribution is -2.40. The molecule has 0 aromatic heterocycles. The molecule has 0 spiro atoms. The molecule has 1 aromatic rings. The van der Waals surface area contributed by atoms with Crippen LogP contribution in [-0.2, 0) is 9.53 Å². The van der Waals surface area contributed by atoms with Crippen LogP contribution in [0.1, 0.15) is 10.4 Å². The Morgan fingerprint density at radius 3 is 2.42 bits per heavy atom. The van der Waals surface area contributed by atoms with Crippen LogP contribution in [0.2, 0.25) is 0 Å². The number of morpholine rings is 1. The van der Waals surface area contributed by atoms with Crippen LogP contribution in [0.4, 0.5) is 5.69 Å². The summed E-state index contributed by atoms with van der Waals surface area (Å²) < 4.78 is 5.22. The maximum absolute atomic E-state index is 12.2. The number of carbonyl (C=O) groups is 2. The first kappa shape index (κ1) is 14.0. The third-order valence-electron chi connectivity index (χ3n) is 2.84. The van der Waals surface area contributed by atoms with Gasteiger partial charge in [-0.2, -0.15) is 0 Å². The van der Waals surface area contributed by atoms with Crippen molar-refractivity contribution in [3.05, 3.63) is 29.8 Å². The fourth-order valence-corrected chi connectivity index (χ4v) is 1.98. The Labute approximate surface area is 120 Å². The molecule has 19 heavy (non-hydrogen) atoms. The van der Waals surface area contributed by atoms with E-state index in [1.165, 1.54) is 0 Å². The minimum atomic E-state index is -0.118. The number of hydrogen-bond acceptors (Lipinski definition) is 3. The topological polar surface area (TPSA) is 58.6 Å². The number of benzene rings is 1. The molecule has 1 heterocycles. The highest BCUT2D eigenvalue weighted by Crippen LogP contribution is 2.12. The molecular weight excluding hydrogens is 312 g/mol. The Hall–Kier alpha value is -1.40. The molecule has 1 aliphatic rings. The molecule has 0 aliphatic carbocycles. The smallest absolute Gasteiger partial charge is 0.254 e. The van der Waals surface area contributed by atoms with Gasteiger partial charge in [0, 0.05) is 24.3 Å². The molecule has 0 saturated carbocycles. The Morgan fingerprint density at radius 2 is 1.84 bits per heavy atom. The molecule has 0 radical (unpaired) electrons. The van der Waals surface area contributed by atoms with Gasteiger partial charge in [0.05, 0.1) is 18.5 Å². The van der Waals surface area contributed by atoms with E-state index in [2.05, 4.69) is 21.2 Å². The molecule has 1 fully saturated rings. The molecule has 1 aromatic carbocycles. The predicted molar refractivity (Wildman–Crippen MR) is 75.6 cm³/mol. The van der Waals surface area contributed by atoms with E-state index in [9.17, 15) is 9.59 Å². The number of halogens is 1. The second-order valence-electron chi connectivity index (χ2n) is 4.16. The van der Waals surface area contributed by atoms with Crippen molar-refractivity contribution in [2.75, 3.05) is 37.0 Å². The van der Waals surface area contributed by atoms with E-state index < -0.39 is 0 Å². The zero-order valence-corrected chi connectivity index (χ0v) is 12.0. The van der Waals surface area contributed by atoms with E-state index in [0.29, 0.717) is 37.6 Å². The van der Waals surface area contributed by atoms with Crippen molar-refractivity contribution in [3.8, 4) is 0 Å². The fraction of sp³-hybridized carbons (Fsp3) is 0.385. The standard InChI is InChI=1S/C13H15BrN2O3/c14-9-12(17)15-11-3-1-10(2-4-11)13(18)16-5-7-19-8-6-16/h1-4H,5-9H2,(H,15,17). The van der Waals surface area contributed by atoms with Crippen molar-refractivity contribution in [1.82, 2.24) is 4.90 Å². The number of alkyl halides is 1. The minimum absolute atomic E-state index is 0.00154. The molecule has 102 valence electrons. The van der Waals surface area contributed by atoms with Gasteiger partial charge >= 0.3 is 0 Å². The molecule has 1 saturated heterocycles. The molecule has 2 rings (SSSR count). The Morgan fingerprint density at radius 1 is 1.21 bits per heavy atom. The molecule has 6 heteroatoms. The van der Waals surface area contributed by atoms with Crippen molar-refractivity contribution in [3.63, 3.8) is 0 Å². The van der Waals surface area contributed by atoms with E-state index in [4.69, 9.17) is 4.74 Å². The van der Waals surface area contributed by atoms with Crippen LogP contribution in [0, 0.1) is 0 Å². The van der Waals surface area contributed by atoms with Gasteiger partial charge in [-0.05, 0) is 24.3 Å². The summed E-state index contributed by atoms with van der Waals surface area (Å²) in [6.07, 6.45) is 0. The van der Waals surface area contributed by atoms with Gasteiger partial charge < -0.3 is 15.0 Å². The first-order chi connectivity index (χ1) is 9.20. The summed E-state index contributed by atoms with van der Waals surface area (Å²) in [5.41, 5.74) is 1.31.